The van der Waals surface area contributed by atoms with Crippen LogP contribution >= 0.6 is 0 Å². The summed E-state index contributed by atoms with van der Waals surface area (Å²) >= 11 is 0. The average molecular weight is 480 g/mol. The SMILES string of the molecule is C=CCc1cc(/C=N/NC(=O)c2cc3ccccc3o2)cc(OCC)c1OCc1ccccc1C#N. The molecule has 0 saturated carbocycles. The van der Waals surface area contributed by atoms with E-state index in [0.717, 1.165) is 16.5 Å². The normalized spacial score (nSPS) is 10.8. The van der Waals surface area contributed by atoms with Crippen molar-refractivity contribution < 1.29 is 18.7 Å². The van der Waals surface area contributed by atoms with Crippen molar-refractivity contribution in [1.29, 1.82) is 5.26 Å². The first-order valence-electron chi connectivity index (χ1n) is 11.5. The summed E-state index contributed by atoms with van der Waals surface area (Å²) in [7, 11) is 0. The van der Waals surface area contributed by atoms with E-state index in [1.165, 1.54) is 6.21 Å². The molecule has 0 fully saturated rings. The third kappa shape index (κ3) is 5.62. The fraction of sp³-hybridized carbons (Fsp3) is 0.138. The van der Waals surface area contributed by atoms with E-state index in [0.29, 0.717) is 41.2 Å². The van der Waals surface area contributed by atoms with Crippen LogP contribution in [0.15, 0.2) is 88.9 Å². The molecule has 7 nitrogen and oxygen atoms in total. The van der Waals surface area contributed by atoms with E-state index >= 15 is 0 Å². The third-order valence-electron chi connectivity index (χ3n) is 5.36. The van der Waals surface area contributed by atoms with Gasteiger partial charge < -0.3 is 13.9 Å². The Morgan fingerprint density at radius 2 is 1.92 bits per heavy atom. The minimum Gasteiger partial charge on any atom is -0.490 e. The van der Waals surface area contributed by atoms with E-state index in [9.17, 15) is 10.1 Å². The maximum Gasteiger partial charge on any atom is 0.307 e. The van der Waals surface area contributed by atoms with Crippen LogP contribution in [0.5, 0.6) is 11.5 Å². The van der Waals surface area contributed by atoms with Gasteiger partial charge in [0.25, 0.3) is 0 Å². The lowest BCUT2D eigenvalue weighted by Gasteiger charge is -2.17. The molecular formula is C29H25N3O4. The molecule has 4 rings (SSSR count). The molecule has 180 valence electrons. The second-order valence-corrected chi connectivity index (χ2v) is 7.84. The number of allylic oxidation sites excluding steroid dienone is 1. The Balaban J connectivity index is 1.54. The number of hydrogen-bond donors (Lipinski definition) is 1. The van der Waals surface area contributed by atoms with Crippen LogP contribution in [0.1, 0.15) is 39.7 Å². The number of carbonyl (C=O) groups is 1. The summed E-state index contributed by atoms with van der Waals surface area (Å²) in [6.45, 7) is 6.38. The van der Waals surface area contributed by atoms with Gasteiger partial charge in [-0.3, -0.25) is 4.79 Å². The van der Waals surface area contributed by atoms with Gasteiger partial charge in [0.15, 0.2) is 17.3 Å². The number of nitrogens with zero attached hydrogens (tertiary/aromatic N) is 2. The number of furan rings is 1. The molecule has 1 aromatic heterocycles. The summed E-state index contributed by atoms with van der Waals surface area (Å²) in [5.74, 6) is 0.844. The lowest BCUT2D eigenvalue weighted by atomic mass is 10.1. The Bertz CT molecular complexity index is 1430. The third-order valence-corrected chi connectivity index (χ3v) is 5.36. The molecule has 3 aromatic carbocycles. The molecule has 0 unspecified atom stereocenters. The standard InChI is InChI=1S/C29H25N3O4/c1-3-9-22-14-20(18-31-32-29(33)27-16-21-10-7-8-13-25(21)36-27)15-26(34-4-2)28(22)35-19-24-12-6-5-11-23(24)17-30/h3,5-8,10-16,18H,1,4,9,19H2,2H3,(H,32,33)/b31-18+. The van der Waals surface area contributed by atoms with Gasteiger partial charge in [0.05, 0.1) is 24.5 Å². The highest BCUT2D eigenvalue weighted by Crippen LogP contribution is 2.34. The van der Waals surface area contributed by atoms with Crippen LogP contribution in [0, 0.1) is 11.3 Å². The summed E-state index contributed by atoms with van der Waals surface area (Å²) in [5.41, 5.74) is 6.03. The van der Waals surface area contributed by atoms with Gasteiger partial charge in [0, 0.05) is 16.5 Å². The lowest BCUT2D eigenvalue weighted by molar-refractivity contribution is 0.0929. The number of para-hydroxylation sites is 1. The van der Waals surface area contributed by atoms with E-state index in [1.807, 2.05) is 49.4 Å². The Morgan fingerprint density at radius 3 is 2.69 bits per heavy atom. The Labute approximate surface area is 209 Å². The number of benzene rings is 3. The second kappa shape index (κ2) is 11.5. The predicted octanol–water partition coefficient (Wildman–Crippen LogP) is 5.77. The summed E-state index contributed by atoms with van der Waals surface area (Å²) in [4.78, 5) is 12.5. The first-order valence-corrected chi connectivity index (χ1v) is 11.5. The molecule has 0 radical (unpaired) electrons. The Hall–Kier alpha value is -4.83. The van der Waals surface area contributed by atoms with Crippen LogP contribution in [0.4, 0.5) is 0 Å². The maximum absolute atomic E-state index is 12.5. The van der Waals surface area contributed by atoms with Gasteiger partial charge >= 0.3 is 5.91 Å². The molecular weight excluding hydrogens is 454 g/mol. The number of nitriles is 1. The first-order chi connectivity index (χ1) is 17.6. The number of rotatable bonds is 10. The number of nitrogens with one attached hydrogen (secondary N) is 1. The van der Waals surface area contributed by atoms with E-state index in [1.54, 1.807) is 30.3 Å². The molecule has 1 N–H and O–H groups in total. The molecule has 0 bridgehead atoms. The number of ether oxygens (including phenoxy) is 2. The van der Waals surface area contributed by atoms with Gasteiger partial charge in [-0.05, 0) is 49.2 Å². The summed E-state index contributed by atoms with van der Waals surface area (Å²) < 4.78 is 17.6. The van der Waals surface area contributed by atoms with Crippen molar-refractivity contribution in [3.8, 4) is 17.6 Å². The number of hydrogen-bond acceptors (Lipinski definition) is 6. The van der Waals surface area contributed by atoms with Crippen LogP contribution in [0.3, 0.4) is 0 Å². The minimum atomic E-state index is -0.449. The van der Waals surface area contributed by atoms with Gasteiger partial charge in [-0.25, -0.2) is 5.43 Å². The van der Waals surface area contributed by atoms with Gasteiger partial charge in [0.2, 0.25) is 0 Å². The van der Waals surface area contributed by atoms with Crippen LogP contribution in [0.25, 0.3) is 11.0 Å². The number of hydrazone groups is 1. The summed E-state index contributed by atoms with van der Waals surface area (Å²) in [6.07, 6.45) is 3.83. The smallest absolute Gasteiger partial charge is 0.307 e. The van der Waals surface area contributed by atoms with Gasteiger partial charge in [-0.2, -0.15) is 10.4 Å². The largest absolute Gasteiger partial charge is 0.490 e. The zero-order valence-corrected chi connectivity index (χ0v) is 19.9. The van der Waals surface area contributed by atoms with Crippen molar-refractivity contribution in [3.05, 3.63) is 107 Å². The van der Waals surface area contributed by atoms with Crippen LogP contribution in [0.2, 0.25) is 0 Å². The summed E-state index contributed by atoms with van der Waals surface area (Å²) in [6, 6.07) is 22.2. The maximum atomic E-state index is 12.5. The molecule has 1 heterocycles. The fourth-order valence-corrected chi connectivity index (χ4v) is 3.71. The van der Waals surface area contributed by atoms with Crippen molar-refractivity contribution in [2.24, 2.45) is 5.10 Å². The highest BCUT2D eigenvalue weighted by Gasteiger charge is 2.15. The Kier molecular flexibility index (Phi) is 7.79. The molecule has 1 amide bonds. The summed E-state index contributed by atoms with van der Waals surface area (Å²) in [5, 5.41) is 14.3. The zero-order valence-electron chi connectivity index (χ0n) is 19.9. The molecule has 0 aliphatic carbocycles. The van der Waals surface area contributed by atoms with Crippen molar-refractivity contribution in [2.45, 2.75) is 20.0 Å². The molecule has 4 aromatic rings. The van der Waals surface area contributed by atoms with Crippen molar-refractivity contribution in [2.75, 3.05) is 6.61 Å². The number of amides is 1. The van der Waals surface area contributed by atoms with E-state index < -0.39 is 5.91 Å². The van der Waals surface area contributed by atoms with Crippen LogP contribution < -0.4 is 14.9 Å². The van der Waals surface area contributed by atoms with Crippen LogP contribution in [-0.2, 0) is 13.0 Å². The fourth-order valence-electron chi connectivity index (χ4n) is 3.71. The van der Waals surface area contributed by atoms with Gasteiger partial charge in [-0.1, -0.05) is 42.5 Å². The predicted molar refractivity (Wildman–Crippen MR) is 138 cm³/mol. The topological polar surface area (TPSA) is 96.8 Å². The van der Waals surface area contributed by atoms with Gasteiger partial charge in [-0.15, -0.1) is 6.58 Å². The molecule has 7 heteroatoms. The van der Waals surface area contributed by atoms with Crippen molar-refractivity contribution in [1.82, 2.24) is 5.43 Å². The number of fused-ring (bicyclic) bond motifs is 1. The second-order valence-electron chi connectivity index (χ2n) is 7.84. The van der Waals surface area contributed by atoms with E-state index in [-0.39, 0.29) is 12.4 Å². The molecule has 0 atom stereocenters. The average Bonchev–Trinajstić information content (AvgIpc) is 3.33. The molecule has 36 heavy (non-hydrogen) atoms. The number of carbonyl (C=O) groups excluding carboxylic acids is 1. The first kappa shape index (κ1) is 24.3. The van der Waals surface area contributed by atoms with Gasteiger partial charge in [0.1, 0.15) is 12.2 Å². The zero-order chi connectivity index (χ0) is 25.3. The Morgan fingerprint density at radius 1 is 1.11 bits per heavy atom. The molecule has 0 aliphatic heterocycles. The highest BCUT2D eigenvalue weighted by atomic mass is 16.5. The minimum absolute atomic E-state index is 0.178. The highest BCUT2D eigenvalue weighted by molar-refractivity contribution is 5.96. The quantitative estimate of drug-likeness (QED) is 0.177. The molecule has 0 saturated heterocycles. The van der Waals surface area contributed by atoms with E-state index in [4.69, 9.17) is 13.9 Å². The van der Waals surface area contributed by atoms with Crippen LogP contribution in [-0.4, -0.2) is 18.7 Å². The monoisotopic (exact) mass is 479 g/mol. The van der Waals surface area contributed by atoms with Crippen molar-refractivity contribution in [3.63, 3.8) is 0 Å². The lowest BCUT2D eigenvalue weighted by Crippen LogP contribution is -2.16. The molecule has 0 aliphatic rings. The van der Waals surface area contributed by atoms with E-state index in [2.05, 4.69) is 23.2 Å². The molecule has 0 spiro atoms. The van der Waals surface area contributed by atoms with Crippen molar-refractivity contribution >= 4 is 23.1 Å².